The molecule has 0 atom stereocenters. The van der Waals surface area contributed by atoms with Gasteiger partial charge in [0.1, 0.15) is 5.82 Å². The number of H-pyrrole nitrogens is 1. The molecule has 0 saturated heterocycles. The van der Waals surface area contributed by atoms with E-state index in [2.05, 4.69) is 16.3 Å². The summed E-state index contributed by atoms with van der Waals surface area (Å²) in [6.45, 7) is 4.16. The summed E-state index contributed by atoms with van der Waals surface area (Å²) < 4.78 is 41.3. The van der Waals surface area contributed by atoms with Crippen LogP contribution in [0.2, 0.25) is 0 Å². The van der Waals surface area contributed by atoms with Gasteiger partial charge in [0.2, 0.25) is 10.0 Å². The molecule has 3 aromatic carbocycles. The molecule has 1 aromatic heterocycles. The number of rotatable bonds is 8. The lowest BCUT2D eigenvalue weighted by Gasteiger charge is -2.10. The number of aromatic amines is 1. The summed E-state index contributed by atoms with van der Waals surface area (Å²) in [5.74, 6) is -0.354. The van der Waals surface area contributed by atoms with Crippen LogP contribution in [0.5, 0.6) is 0 Å². The Bertz CT molecular complexity index is 1460. The molecule has 0 saturated carbocycles. The maximum atomic E-state index is 13.4. The summed E-state index contributed by atoms with van der Waals surface area (Å²) in [4.78, 5) is 13.4. The number of nitro benzene ring substituents is 1. The van der Waals surface area contributed by atoms with E-state index in [0.29, 0.717) is 17.7 Å². The van der Waals surface area contributed by atoms with Crippen molar-refractivity contribution < 1.29 is 17.7 Å². The molecule has 168 valence electrons. The second-order valence-corrected chi connectivity index (χ2v) is 9.12. The number of hydrogen-bond acceptors (Lipinski definition) is 4. The molecule has 0 aliphatic rings. The molecule has 0 amide bonds. The highest BCUT2D eigenvalue weighted by Crippen LogP contribution is 2.31. The standard InChI is InChI=1S/C24H20FN3O4S/c1-16(17-10-12-18(25)13-11-17)24-20(19-6-2-3-7-21(19)27-24)14-15-26-33(31,32)23-9-5-4-8-22(23)28(29)30/h2-13,26-27H,1,14-15H2. The zero-order valence-electron chi connectivity index (χ0n) is 17.4. The first kappa shape index (κ1) is 22.4. The van der Waals surface area contributed by atoms with Crippen LogP contribution in [0.1, 0.15) is 16.8 Å². The normalized spacial score (nSPS) is 11.5. The predicted octanol–water partition coefficient (Wildman–Crippen LogP) is 4.80. The van der Waals surface area contributed by atoms with Crippen LogP contribution in [0.4, 0.5) is 10.1 Å². The zero-order valence-corrected chi connectivity index (χ0v) is 18.2. The number of nitro groups is 1. The minimum absolute atomic E-state index is 0.0138. The second-order valence-electron chi connectivity index (χ2n) is 7.38. The van der Waals surface area contributed by atoms with Crippen molar-refractivity contribution in [2.24, 2.45) is 0 Å². The molecular formula is C24H20FN3O4S. The fraction of sp³-hybridized carbons (Fsp3) is 0.0833. The molecule has 0 radical (unpaired) electrons. The highest BCUT2D eigenvalue weighted by Gasteiger charge is 2.25. The van der Waals surface area contributed by atoms with Gasteiger partial charge in [-0.05, 0) is 47.4 Å². The lowest BCUT2D eigenvalue weighted by molar-refractivity contribution is -0.387. The van der Waals surface area contributed by atoms with E-state index in [4.69, 9.17) is 0 Å². The van der Waals surface area contributed by atoms with Gasteiger partial charge in [-0.1, -0.05) is 49.0 Å². The third kappa shape index (κ3) is 4.55. The Hall–Kier alpha value is -3.82. The Kier molecular flexibility index (Phi) is 6.08. The number of nitrogens with one attached hydrogen (secondary N) is 2. The third-order valence-electron chi connectivity index (χ3n) is 5.33. The molecule has 0 aliphatic carbocycles. The number of sulfonamides is 1. The third-order valence-corrected chi connectivity index (χ3v) is 6.84. The molecule has 1 heterocycles. The van der Waals surface area contributed by atoms with Gasteiger partial charge < -0.3 is 4.98 Å². The van der Waals surface area contributed by atoms with E-state index >= 15 is 0 Å². The second kappa shape index (κ2) is 8.97. The summed E-state index contributed by atoms with van der Waals surface area (Å²) in [6, 6.07) is 18.7. The lowest BCUT2D eigenvalue weighted by Crippen LogP contribution is -2.26. The van der Waals surface area contributed by atoms with Crippen LogP contribution in [0, 0.1) is 15.9 Å². The average molecular weight is 466 g/mol. The molecule has 0 bridgehead atoms. The summed E-state index contributed by atoms with van der Waals surface area (Å²) in [6.07, 6.45) is 0.305. The van der Waals surface area contributed by atoms with Gasteiger partial charge >= 0.3 is 0 Å². The minimum atomic E-state index is -4.10. The van der Waals surface area contributed by atoms with Gasteiger partial charge in [-0.2, -0.15) is 0 Å². The van der Waals surface area contributed by atoms with E-state index in [1.807, 2.05) is 24.3 Å². The van der Waals surface area contributed by atoms with Gasteiger partial charge in [0, 0.05) is 29.2 Å². The largest absolute Gasteiger partial charge is 0.354 e. The quantitative estimate of drug-likeness (QED) is 0.288. The van der Waals surface area contributed by atoms with Crippen LogP contribution < -0.4 is 4.72 Å². The van der Waals surface area contributed by atoms with E-state index in [1.54, 1.807) is 12.1 Å². The maximum Gasteiger partial charge on any atom is 0.289 e. The Balaban J connectivity index is 1.63. The Morgan fingerprint density at radius 3 is 2.42 bits per heavy atom. The minimum Gasteiger partial charge on any atom is -0.354 e. The van der Waals surface area contributed by atoms with Crippen LogP contribution in [0.3, 0.4) is 0 Å². The van der Waals surface area contributed by atoms with Crippen molar-refractivity contribution in [1.82, 2.24) is 9.71 Å². The highest BCUT2D eigenvalue weighted by atomic mass is 32.2. The van der Waals surface area contributed by atoms with E-state index in [-0.39, 0.29) is 17.3 Å². The molecule has 0 aliphatic heterocycles. The maximum absolute atomic E-state index is 13.4. The first-order chi connectivity index (χ1) is 15.8. The fourth-order valence-corrected chi connectivity index (χ4v) is 4.94. The van der Waals surface area contributed by atoms with Gasteiger partial charge in [0.05, 0.1) is 4.92 Å². The lowest BCUT2D eigenvalue weighted by atomic mass is 9.98. The van der Waals surface area contributed by atoms with E-state index in [1.165, 1.54) is 30.3 Å². The molecule has 33 heavy (non-hydrogen) atoms. The summed E-state index contributed by atoms with van der Waals surface area (Å²) in [5, 5.41) is 12.1. The Morgan fingerprint density at radius 1 is 1.03 bits per heavy atom. The number of aromatic nitrogens is 1. The van der Waals surface area contributed by atoms with Crippen LogP contribution in [0.15, 0.2) is 84.3 Å². The van der Waals surface area contributed by atoms with Gasteiger partial charge in [-0.3, -0.25) is 10.1 Å². The van der Waals surface area contributed by atoms with Crippen molar-refractivity contribution in [2.45, 2.75) is 11.3 Å². The molecule has 0 spiro atoms. The number of halogens is 1. The van der Waals surface area contributed by atoms with Gasteiger partial charge in [0.15, 0.2) is 4.90 Å². The number of hydrogen-bond donors (Lipinski definition) is 2. The predicted molar refractivity (Wildman–Crippen MR) is 125 cm³/mol. The molecule has 0 unspecified atom stereocenters. The van der Waals surface area contributed by atoms with Crippen molar-refractivity contribution >= 4 is 32.2 Å². The van der Waals surface area contributed by atoms with Gasteiger partial charge in [0.25, 0.3) is 5.69 Å². The summed E-state index contributed by atoms with van der Waals surface area (Å²) in [5.41, 5.74) is 3.29. The monoisotopic (exact) mass is 465 g/mol. The Morgan fingerprint density at radius 2 is 1.70 bits per heavy atom. The van der Waals surface area contributed by atoms with Crippen LogP contribution in [-0.4, -0.2) is 24.9 Å². The molecule has 7 nitrogen and oxygen atoms in total. The first-order valence-electron chi connectivity index (χ1n) is 10.1. The zero-order chi connectivity index (χ0) is 23.6. The molecule has 9 heteroatoms. The molecule has 2 N–H and O–H groups in total. The molecular weight excluding hydrogens is 445 g/mol. The van der Waals surface area contributed by atoms with Crippen molar-refractivity contribution in [1.29, 1.82) is 0 Å². The van der Waals surface area contributed by atoms with Gasteiger partial charge in [-0.15, -0.1) is 0 Å². The number of fused-ring (bicyclic) bond motifs is 1. The van der Waals surface area contributed by atoms with Crippen molar-refractivity contribution in [3.63, 3.8) is 0 Å². The summed E-state index contributed by atoms with van der Waals surface area (Å²) >= 11 is 0. The number of para-hydroxylation sites is 2. The van der Waals surface area contributed by atoms with Crippen molar-refractivity contribution in [3.05, 3.63) is 112 Å². The van der Waals surface area contributed by atoms with Crippen LogP contribution >= 0.6 is 0 Å². The first-order valence-corrected chi connectivity index (χ1v) is 11.5. The van der Waals surface area contributed by atoms with Crippen molar-refractivity contribution in [3.8, 4) is 0 Å². The average Bonchev–Trinajstić information content (AvgIpc) is 3.17. The van der Waals surface area contributed by atoms with Crippen LogP contribution in [0.25, 0.3) is 16.5 Å². The SMILES string of the molecule is C=C(c1ccc(F)cc1)c1[nH]c2ccccc2c1CCNS(=O)(=O)c1ccccc1[N+](=O)[O-]. The van der Waals surface area contributed by atoms with Crippen LogP contribution in [-0.2, 0) is 16.4 Å². The van der Waals surface area contributed by atoms with Gasteiger partial charge in [-0.25, -0.2) is 17.5 Å². The molecule has 4 rings (SSSR count). The van der Waals surface area contributed by atoms with Crippen molar-refractivity contribution in [2.75, 3.05) is 6.54 Å². The number of nitrogens with zero attached hydrogens (tertiary/aromatic N) is 1. The fourth-order valence-electron chi connectivity index (χ4n) is 3.74. The van der Waals surface area contributed by atoms with E-state index in [0.717, 1.165) is 28.1 Å². The summed E-state index contributed by atoms with van der Waals surface area (Å²) in [7, 11) is -4.10. The molecule has 4 aromatic rings. The topological polar surface area (TPSA) is 105 Å². The van der Waals surface area contributed by atoms with E-state index < -0.39 is 20.6 Å². The number of benzene rings is 3. The smallest absolute Gasteiger partial charge is 0.289 e. The Labute approximate surface area is 189 Å². The van der Waals surface area contributed by atoms with E-state index in [9.17, 15) is 22.9 Å². The highest BCUT2D eigenvalue weighted by molar-refractivity contribution is 7.89. The molecule has 0 fully saturated rings.